The molecule has 0 saturated carbocycles. The molecule has 0 aromatic carbocycles. The third kappa shape index (κ3) is 15.6. The predicted molar refractivity (Wildman–Crippen MR) is 159 cm³/mol. The normalized spacial score (nSPS) is 14.2. The van der Waals surface area contributed by atoms with Crippen LogP contribution in [0.25, 0.3) is 0 Å². The highest BCUT2D eigenvalue weighted by Gasteiger charge is 2.19. The molecule has 0 aliphatic carbocycles. The van der Waals surface area contributed by atoms with Crippen molar-refractivity contribution in [3.05, 3.63) is 22.4 Å². The molecule has 2 heteroatoms. The molecule has 204 valence electrons. The summed E-state index contributed by atoms with van der Waals surface area (Å²) in [7, 11) is 0. The van der Waals surface area contributed by atoms with Gasteiger partial charge in [0.15, 0.2) is 0 Å². The van der Waals surface area contributed by atoms with E-state index in [4.69, 9.17) is 0 Å². The molecule has 0 atom stereocenters. The Morgan fingerprint density at radius 1 is 0.543 bits per heavy atom. The molecule has 1 rings (SSSR count). The molecule has 1 N–H and O–H groups in total. The third-order valence-electron chi connectivity index (χ3n) is 8.22. The summed E-state index contributed by atoms with van der Waals surface area (Å²) in [6, 6.07) is 0. The smallest absolute Gasteiger partial charge is 0.0504 e. The zero-order valence-electron chi connectivity index (χ0n) is 24.7. The van der Waals surface area contributed by atoms with E-state index in [1.165, 1.54) is 164 Å². The van der Waals surface area contributed by atoms with Crippen LogP contribution in [0.3, 0.4) is 0 Å². The van der Waals surface area contributed by atoms with Crippen LogP contribution in [0.15, 0.2) is 27.5 Å². The first-order chi connectivity index (χ1) is 17.1. The lowest BCUT2D eigenvalue weighted by molar-refractivity contribution is 0.427. The Morgan fingerprint density at radius 3 is 1.31 bits per heavy atom. The van der Waals surface area contributed by atoms with Crippen molar-refractivity contribution in [2.24, 2.45) is 11.0 Å². The quantitative estimate of drug-likeness (QED) is 0.143. The van der Waals surface area contributed by atoms with Gasteiger partial charge in [0.2, 0.25) is 0 Å². The number of hydrogen-bond acceptors (Lipinski definition) is 2. The Bertz CT molecular complexity index is 574. The van der Waals surface area contributed by atoms with Gasteiger partial charge >= 0.3 is 0 Å². The topological polar surface area (TPSA) is 24.4 Å². The zero-order valence-corrected chi connectivity index (χ0v) is 24.7. The van der Waals surface area contributed by atoms with Crippen molar-refractivity contribution < 1.29 is 0 Å². The number of nitrogens with one attached hydrogen (secondary N) is 1. The molecule has 35 heavy (non-hydrogen) atoms. The second-order valence-electron chi connectivity index (χ2n) is 11.4. The van der Waals surface area contributed by atoms with Crippen LogP contribution in [0.2, 0.25) is 0 Å². The molecule has 1 aliphatic rings. The monoisotopic (exact) mass is 486 g/mol. The molecule has 0 saturated heterocycles. The van der Waals surface area contributed by atoms with Crippen molar-refractivity contribution in [2.45, 2.75) is 176 Å². The van der Waals surface area contributed by atoms with Gasteiger partial charge in [-0.3, -0.25) is 5.43 Å². The van der Waals surface area contributed by atoms with Crippen LogP contribution in [0.5, 0.6) is 0 Å². The van der Waals surface area contributed by atoms with E-state index in [1.807, 2.05) is 6.21 Å². The van der Waals surface area contributed by atoms with E-state index in [0.29, 0.717) is 5.92 Å². The van der Waals surface area contributed by atoms with Crippen LogP contribution in [0.1, 0.15) is 176 Å². The van der Waals surface area contributed by atoms with Gasteiger partial charge in [-0.2, -0.15) is 5.10 Å². The number of hydrogen-bond donors (Lipinski definition) is 1. The van der Waals surface area contributed by atoms with Crippen LogP contribution in [0, 0.1) is 5.92 Å². The van der Waals surface area contributed by atoms with Crippen LogP contribution in [0.4, 0.5) is 0 Å². The molecule has 0 aromatic heterocycles. The van der Waals surface area contributed by atoms with E-state index in [-0.39, 0.29) is 0 Å². The highest BCUT2D eigenvalue weighted by Crippen LogP contribution is 2.30. The fourth-order valence-electron chi connectivity index (χ4n) is 5.46. The van der Waals surface area contributed by atoms with Gasteiger partial charge in [0, 0.05) is 11.6 Å². The molecule has 0 spiro atoms. The number of nitrogens with zero attached hydrogens (tertiary/aromatic N) is 1. The van der Waals surface area contributed by atoms with Crippen molar-refractivity contribution in [1.82, 2.24) is 5.43 Å². The Hall–Kier alpha value is -1.05. The summed E-state index contributed by atoms with van der Waals surface area (Å²) in [4.78, 5) is 0. The van der Waals surface area contributed by atoms with Gasteiger partial charge in [-0.05, 0) is 50.3 Å². The third-order valence-corrected chi connectivity index (χ3v) is 8.22. The molecule has 0 unspecified atom stereocenters. The van der Waals surface area contributed by atoms with Gasteiger partial charge < -0.3 is 0 Å². The highest BCUT2D eigenvalue weighted by molar-refractivity contribution is 5.80. The predicted octanol–water partition coefficient (Wildman–Crippen LogP) is 11.4. The lowest BCUT2D eigenvalue weighted by Crippen LogP contribution is -2.18. The summed E-state index contributed by atoms with van der Waals surface area (Å²) in [5, 5.41) is 4.56. The van der Waals surface area contributed by atoms with E-state index in [9.17, 15) is 0 Å². The maximum Gasteiger partial charge on any atom is 0.0504 e. The summed E-state index contributed by atoms with van der Waals surface area (Å²) in [5.74, 6) is 0.635. The molecule has 0 bridgehead atoms. The first-order valence-electron chi connectivity index (χ1n) is 15.8. The van der Waals surface area contributed by atoms with Gasteiger partial charge in [-0.15, -0.1) is 0 Å². The molecule has 0 aromatic rings. The van der Waals surface area contributed by atoms with E-state index >= 15 is 0 Å². The second kappa shape index (κ2) is 22.2. The van der Waals surface area contributed by atoms with E-state index in [1.54, 1.807) is 0 Å². The number of rotatable bonds is 23. The average Bonchev–Trinajstić information content (AvgIpc) is 2.98. The van der Waals surface area contributed by atoms with Gasteiger partial charge in [0.1, 0.15) is 0 Å². The van der Waals surface area contributed by atoms with Crippen molar-refractivity contribution in [1.29, 1.82) is 0 Å². The van der Waals surface area contributed by atoms with Crippen molar-refractivity contribution in [3.8, 4) is 0 Å². The molecular formula is C33H62N2. The standard InChI is InChI=1S/C33H62N2/c1-6-8-10-12-14-16-18-20-22-24-26-32(33-31(5)30(4)29(3)28-34-35-33)27-25-23-21-19-17-15-13-11-9-7-2/h28,32,35H,6-27H2,1-5H3. The molecule has 1 heterocycles. The average molecular weight is 487 g/mol. The largest absolute Gasteiger partial charge is 0.282 e. The summed E-state index contributed by atoms with van der Waals surface area (Å²) in [6.45, 7) is 11.4. The molecule has 1 aliphatic heterocycles. The maximum absolute atomic E-state index is 4.56. The first kappa shape index (κ1) is 32.0. The number of unbranched alkanes of at least 4 members (excludes halogenated alkanes) is 18. The number of hydrazone groups is 1. The minimum absolute atomic E-state index is 0.635. The SMILES string of the molecule is CCCCCCCCCCCCC(CCCCCCCCCCCC)C1=C(C)C(C)=C(C)C=NN1. The maximum atomic E-state index is 4.56. The molecule has 0 amide bonds. The summed E-state index contributed by atoms with van der Waals surface area (Å²) >= 11 is 0. The fraction of sp³-hybridized carbons (Fsp3) is 0.848. The number of allylic oxidation sites excluding steroid dienone is 4. The van der Waals surface area contributed by atoms with Crippen molar-refractivity contribution in [2.75, 3.05) is 0 Å². The van der Waals surface area contributed by atoms with Crippen LogP contribution >= 0.6 is 0 Å². The summed E-state index contributed by atoms with van der Waals surface area (Å²) in [5.41, 5.74) is 9.01. The van der Waals surface area contributed by atoms with Crippen LogP contribution < -0.4 is 5.43 Å². The zero-order chi connectivity index (χ0) is 25.6. The molecule has 0 radical (unpaired) electrons. The van der Waals surface area contributed by atoms with Gasteiger partial charge in [0.25, 0.3) is 0 Å². The highest BCUT2D eigenvalue weighted by atomic mass is 15.3. The second-order valence-corrected chi connectivity index (χ2v) is 11.4. The molecule has 0 fully saturated rings. The molecular weight excluding hydrogens is 424 g/mol. The van der Waals surface area contributed by atoms with Gasteiger partial charge in [-0.25, -0.2) is 0 Å². The van der Waals surface area contributed by atoms with Crippen LogP contribution in [-0.4, -0.2) is 6.21 Å². The fourth-order valence-corrected chi connectivity index (χ4v) is 5.46. The Labute approximate surface area is 220 Å². The Balaban J connectivity index is 2.39. The van der Waals surface area contributed by atoms with E-state index in [0.717, 1.165) is 0 Å². The lowest BCUT2D eigenvalue weighted by atomic mass is 9.87. The van der Waals surface area contributed by atoms with Crippen LogP contribution in [-0.2, 0) is 0 Å². The van der Waals surface area contributed by atoms with Gasteiger partial charge in [-0.1, -0.05) is 142 Å². The first-order valence-corrected chi connectivity index (χ1v) is 15.8. The van der Waals surface area contributed by atoms with Crippen molar-refractivity contribution in [3.63, 3.8) is 0 Å². The van der Waals surface area contributed by atoms with E-state index in [2.05, 4.69) is 45.1 Å². The lowest BCUT2D eigenvalue weighted by Gasteiger charge is -2.22. The van der Waals surface area contributed by atoms with Gasteiger partial charge in [0.05, 0.1) is 6.21 Å². The van der Waals surface area contributed by atoms with E-state index < -0.39 is 0 Å². The Kier molecular flexibility index (Phi) is 20.3. The minimum Gasteiger partial charge on any atom is -0.282 e. The Morgan fingerprint density at radius 2 is 0.914 bits per heavy atom. The summed E-state index contributed by atoms with van der Waals surface area (Å²) < 4.78 is 0. The van der Waals surface area contributed by atoms with Crippen molar-refractivity contribution >= 4 is 6.21 Å². The molecule has 2 nitrogen and oxygen atoms in total. The minimum atomic E-state index is 0.635. The summed E-state index contributed by atoms with van der Waals surface area (Å²) in [6.07, 6.45) is 32.9.